The molecule has 2 N–H and O–H groups in total. The Balaban J connectivity index is 1.26. The first-order chi connectivity index (χ1) is 22.9. The van der Waals surface area contributed by atoms with Crippen LogP contribution in [0.5, 0.6) is 0 Å². The highest BCUT2D eigenvalue weighted by Crippen LogP contribution is 2.44. The van der Waals surface area contributed by atoms with E-state index in [1.165, 1.54) is 28.7 Å². The van der Waals surface area contributed by atoms with Crippen LogP contribution in [0.1, 0.15) is 72.4 Å². The number of ether oxygens (including phenoxy) is 1. The summed E-state index contributed by atoms with van der Waals surface area (Å²) in [6.45, 7) is 3.99. The smallest absolute Gasteiger partial charge is 0.341 e. The Kier molecular flexibility index (Phi) is 10.2. The highest BCUT2D eigenvalue weighted by Gasteiger charge is 2.32. The van der Waals surface area contributed by atoms with Crippen LogP contribution in [0.3, 0.4) is 0 Å². The number of hydrogen-bond acceptors (Lipinski definition) is 6. The average molecular weight is 661 g/mol. The van der Waals surface area contributed by atoms with Gasteiger partial charge in [-0.05, 0) is 86.1 Å². The minimum atomic E-state index is -0.620. The summed E-state index contributed by atoms with van der Waals surface area (Å²) in [4.78, 5) is 42.3. The second-order valence-corrected chi connectivity index (χ2v) is 13.8. The van der Waals surface area contributed by atoms with E-state index in [4.69, 9.17) is 4.74 Å². The van der Waals surface area contributed by atoms with Gasteiger partial charge in [-0.2, -0.15) is 0 Å². The third-order valence-electron chi connectivity index (χ3n) is 8.22. The number of aryl methyl sites for hydroxylation is 1. The number of esters is 1. The Bertz CT molecular complexity index is 1890. The zero-order valence-corrected chi connectivity index (χ0v) is 28.0. The van der Waals surface area contributed by atoms with Gasteiger partial charge in [-0.15, -0.1) is 23.1 Å². The van der Waals surface area contributed by atoms with E-state index in [1.807, 2.05) is 85.8 Å². The van der Waals surface area contributed by atoms with Crippen LogP contribution < -0.4 is 10.6 Å². The molecule has 1 heterocycles. The first-order valence-corrected chi connectivity index (χ1v) is 17.5. The lowest BCUT2D eigenvalue weighted by Crippen LogP contribution is -2.20. The van der Waals surface area contributed by atoms with Crippen LogP contribution in [-0.4, -0.2) is 24.4 Å². The van der Waals surface area contributed by atoms with Gasteiger partial charge in [0.15, 0.2) is 0 Å². The largest absolute Gasteiger partial charge is 0.462 e. The molecule has 0 aliphatic heterocycles. The summed E-state index contributed by atoms with van der Waals surface area (Å²) in [5.74, 6) is -0.485. The quantitative estimate of drug-likeness (QED) is 0.115. The van der Waals surface area contributed by atoms with Crippen molar-refractivity contribution >= 4 is 51.6 Å². The lowest BCUT2D eigenvalue weighted by molar-refractivity contribution is -0.115. The predicted molar refractivity (Wildman–Crippen MR) is 191 cm³/mol. The Hall–Kier alpha value is -4.66. The van der Waals surface area contributed by atoms with Crippen LogP contribution in [0.4, 0.5) is 10.7 Å². The molecule has 1 aromatic heterocycles. The monoisotopic (exact) mass is 660 g/mol. The molecule has 0 radical (unpaired) electrons. The van der Waals surface area contributed by atoms with Crippen molar-refractivity contribution in [3.8, 4) is 0 Å². The lowest BCUT2D eigenvalue weighted by Gasteiger charge is -2.23. The van der Waals surface area contributed by atoms with E-state index in [1.54, 1.807) is 13.0 Å². The van der Waals surface area contributed by atoms with Gasteiger partial charge < -0.3 is 15.4 Å². The van der Waals surface area contributed by atoms with Crippen LogP contribution in [0.25, 0.3) is 0 Å². The Labute approximate surface area is 283 Å². The number of rotatable bonds is 10. The maximum absolute atomic E-state index is 14.2. The molecule has 0 saturated heterocycles. The number of benzene rings is 4. The van der Waals surface area contributed by atoms with Crippen molar-refractivity contribution in [1.29, 1.82) is 0 Å². The highest BCUT2D eigenvalue weighted by molar-refractivity contribution is 8.00. The third-order valence-corrected chi connectivity index (χ3v) is 10.6. The minimum Gasteiger partial charge on any atom is -0.462 e. The van der Waals surface area contributed by atoms with Crippen molar-refractivity contribution < 1.29 is 19.1 Å². The fourth-order valence-corrected chi connectivity index (χ4v) is 8.36. The Morgan fingerprint density at radius 3 is 2.38 bits per heavy atom. The minimum absolute atomic E-state index is 0.198. The first kappa shape index (κ1) is 32.3. The van der Waals surface area contributed by atoms with E-state index >= 15 is 0 Å². The molecule has 238 valence electrons. The fourth-order valence-electron chi connectivity index (χ4n) is 5.95. The topological polar surface area (TPSA) is 84.5 Å². The van der Waals surface area contributed by atoms with Gasteiger partial charge in [-0.1, -0.05) is 84.4 Å². The maximum atomic E-state index is 14.2. The van der Waals surface area contributed by atoms with E-state index < -0.39 is 11.2 Å². The van der Waals surface area contributed by atoms with Crippen LogP contribution in [-0.2, 0) is 22.4 Å². The predicted octanol–water partition coefficient (Wildman–Crippen LogP) is 9.23. The van der Waals surface area contributed by atoms with Gasteiger partial charge in [0, 0.05) is 21.0 Å². The molecule has 47 heavy (non-hydrogen) atoms. The molecule has 5 aromatic rings. The standard InChI is InChI=1S/C39H36N2O4S2/c1-3-45-39(44)34-32-21-20-28(26-13-6-4-7-14-26)23-33(32)47-38(34)41-37(43)35(27-15-8-5-9-16-27)46-31-19-11-18-30(24-31)40-36(42)29-17-10-12-25(2)22-29/h4-19,22,24,28,35H,3,20-21,23H2,1-2H3,(H,40,42)(H,41,43). The Morgan fingerprint density at radius 1 is 0.894 bits per heavy atom. The highest BCUT2D eigenvalue weighted by atomic mass is 32.2. The molecule has 8 heteroatoms. The molecular formula is C39H36N2O4S2. The molecule has 6 rings (SSSR count). The normalized spacial score (nSPS) is 14.5. The van der Waals surface area contributed by atoms with Crippen LogP contribution in [0.15, 0.2) is 114 Å². The van der Waals surface area contributed by atoms with E-state index in [0.717, 1.165) is 45.7 Å². The van der Waals surface area contributed by atoms with Crippen molar-refractivity contribution in [3.05, 3.63) is 147 Å². The van der Waals surface area contributed by atoms with E-state index in [9.17, 15) is 14.4 Å². The number of hydrogen-bond donors (Lipinski definition) is 2. The average Bonchev–Trinajstić information content (AvgIpc) is 3.45. The number of carbonyl (C=O) groups excluding carboxylic acids is 3. The number of thiophene rings is 1. The van der Waals surface area contributed by atoms with Gasteiger partial charge >= 0.3 is 5.97 Å². The molecule has 0 fully saturated rings. The van der Waals surface area contributed by atoms with Gasteiger partial charge in [-0.25, -0.2) is 4.79 Å². The van der Waals surface area contributed by atoms with Gasteiger partial charge in [0.05, 0.1) is 12.2 Å². The first-order valence-electron chi connectivity index (χ1n) is 15.8. The molecule has 1 aliphatic carbocycles. The SMILES string of the molecule is CCOC(=O)c1c(NC(=O)C(Sc2cccc(NC(=O)c3cccc(C)c3)c2)c2ccccc2)sc2c1CCC(c1ccccc1)C2. The molecule has 2 unspecified atom stereocenters. The molecule has 2 atom stereocenters. The summed E-state index contributed by atoms with van der Waals surface area (Å²) < 4.78 is 5.49. The van der Waals surface area contributed by atoms with Gasteiger partial charge in [-0.3, -0.25) is 9.59 Å². The number of anilines is 2. The van der Waals surface area contributed by atoms with Crippen LogP contribution >= 0.6 is 23.1 Å². The zero-order chi connectivity index (χ0) is 32.8. The third kappa shape index (κ3) is 7.67. The molecule has 0 bridgehead atoms. The van der Waals surface area contributed by atoms with Gasteiger partial charge in [0.2, 0.25) is 5.91 Å². The molecular weight excluding hydrogens is 625 g/mol. The maximum Gasteiger partial charge on any atom is 0.341 e. The molecule has 4 aromatic carbocycles. The Morgan fingerprint density at radius 2 is 1.64 bits per heavy atom. The number of fused-ring (bicyclic) bond motifs is 1. The molecule has 6 nitrogen and oxygen atoms in total. The molecule has 0 saturated carbocycles. The van der Waals surface area contributed by atoms with E-state index in [2.05, 4.69) is 34.9 Å². The lowest BCUT2D eigenvalue weighted by atomic mass is 9.83. The van der Waals surface area contributed by atoms with Crippen molar-refractivity contribution in [3.63, 3.8) is 0 Å². The summed E-state index contributed by atoms with van der Waals surface area (Å²) in [7, 11) is 0. The van der Waals surface area contributed by atoms with Crippen LogP contribution in [0.2, 0.25) is 0 Å². The summed E-state index contributed by atoms with van der Waals surface area (Å²) in [5, 5.41) is 6.04. The summed E-state index contributed by atoms with van der Waals surface area (Å²) in [6.07, 6.45) is 2.48. The van der Waals surface area contributed by atoms with Crippen LogP contribution in [0, 0.1) is 6.92 Å². The van der Waals surface area contributed by atoms with E-state index in [-0.39, 0.29) is 18.4 Å². The summed E-state index contributed by atoms with van der Waals surface area (Å²) in [5.41, 5.74) is 5.79. The van der Waals surface area contributed by atoms with Gasteiger partial charge in [0.25, 0.3) is 5.91 Å². The second kappa shape index (κ2) is 14.8. The number of nitrogens with one attached hydrogen (secondary N) is 2. The van der Waals surface area contributed by atoms with Crippen molar-refractivity contribution in [1.82, 2.24) is 0 Å². The van der Waals surface area contributed by atoms with Crippen molar-refractivity contribution in [2.24, 2.45) is 0 Å². The fraction of sp³-hybridized carbons (Fsp3) is 0.205. The molecule has 0 spiro atoms. The van der Waals surface area contributed by atoms with Gasteiger partial charge in [0.1, 0.15) is 10.3 Å². The number of thioether (sulfide) groups is 1. The van der Waals surface area contributed by atoms with E-state index in [0.29, 0.717) is 27.7 Å². The number of amides is 2. The second-order valence-electron chi connectivity index (χ2n) is 11.5. The van der Waals surface area contributed by atoms with Crippen molar-refractivity contribution in [2.75, 3.05) is 17.2 Å². The summed E-state index contributed by atoms with van der Waals surface area (Å²) >= 11 is 2.87. The summed E-state index contributed by atoms with van der Waals surface area (Å²) in [6, 6.07) is 35.0. The van der Waals surface area contributed by atoms with Crippen molar-refractivity contribution in [2.45, 2.75) is 49.2 Å². The molecule has 2 amide bonds. The molecule has 1 aliphatic rings. The number of carbonyl (C=O) groups is 3. The zero-order valence-electron chi connectivity index (χ0n) is 26.3.